The van der Waals surface area contributed by atoms with Crippen LogP contribution in [0, 0.1) is 11.6 Å². The number of carbonyl (C=O) groups is 2. The van der Waals surface area contributed by atoms with E-state index >= 15 is 0 Å². The molecule has 0 aliphatic carbocycles. The number of halogens is 5. The second-order valence-electron chi connectivity index (χ2n) is 8.48. The maximum atomic E-state index is 14.3. The van der Waals surface area contributed by atoms with Crippen molar-refractivity contribution >= 4 is 17.9 Å². The van der Waals surface area contributed by atoms with Crippen molar-refractivity contribution in [1.29, 1.82) is 0 Å². The molecular weight excluding hydrogens is 555 g/mol. The Bertz CT molecular complexity index is 1360. The van der Waals surface area contributed by atoms with E-state index in [-0.39, 0.29) is 41.6 Å². The summed E-state index contributed by atoms with van der Waals surface area (Å²) < 4.78 is 73.1. The second kappa shape index (κ2) is 14.9. The van der Waals surface area contributed by atoms with Gasteiger partial charge < -0.3 is 19.7 Å². The lowest BCUT2D eigenvalue weighted by atomic mass is 9.97. The predicted molar refractivity (Wildman–Crippen MR) is 140 cm³/mol. The van der Waals surface area contributed by atoms with Gasteiger partial charge in [0, 0.05) is 54.9 Å². The van der Waals surface area contributed by atoms with Crippen LogP contribution >= 0.6 is 0 Å². The molecule has 1 fully saturated rings. The van der Waals surface area contributed by atoms with Crippen LogP contribution < -0.4 is 25.2 Å². The first kappa shape index (κ1) is 32.9. The van der Waals surface area contributed by atoms with E-state index in [9.17, 15) is 36.3 Å². The molecule has 2 heterocycles. The van der Waals surface area contributed by atoms with Gasteiger partial charge in [-0.1, -0.05) is 0 Å². The maximum absolute atomic E-state index is 14.3. The molecule has 0 saturated carbocycles. The molecule has 1 aliphatic rings. The minimum Gasteiger partial charge on any atom is -0.497 e. The number of nitrogens with one attached hydrogen (secondary N) is 1. The quantitative estimate of drug-likeness (QED) is 0.341. The Morgan fingerprint density at radius 3 is 2.12 bits per heavy atom. The Kier molecular flexibility index (Phi) is 11.9. The van der Waals surface area contributed by atoms with Crippen LogP contribution in [0.3, 0.4) is 0 Å². The first-order valence-electron chi connectivity index (χ1n) is 12.2. The number of nitrogens with zero attached hydrogens (tertiary/aromatic N) is 3. The van der Waals surface area contributed by atoms with Gasteiger partial charge >= 0.3 is 6.36 Å². The maximum Gasteiger partial charge on any atom is 0.573 e. The van der Waals surface area contributed by atoms with E-state index in [2.05, 4.69) is 15.2 Å². The van der Waals surface area contributed by atoms with Crippen LogP contribution in [0.5, 0.6) is 11.5 Å². The monoisotopic (exact) mass is 584 g/mol. The van der Waals surface area contributed by atoms with Gasteiger partial charge in [-0.3, -0.25) is 14.4 Å². The molecule has 1 aromatic heterocycles. The normalized spacial score (nSPS) is 14.4. The fraction of sp³-hybridized carbons (Fsp3) is 0.333. The number of hydrogen-bond acceptors (Lipinski definition) is 7. The van der Waals surface area contributed by atoms with Gasteiger partial charge in [-0.05, 0) is 51.4 Å². The zero-order chi connectivity index (χ0) is 30.7. The van der Waals surface area contributed by atoms with Gasteiger partial charge in [0.1, 0.15) is 35.1 Å². The highest BCUT2D eigenvalue weighted by Gasteiger charge is 2.36. The van der Waals surface area contributed by atoms with E-state index in [1.807, 2.05) is 14.1 Å². The lowest BCUT2D eigenvalue weighted by Crippen LogP contribution is -2.34. The number of aldehydes is 1. The zero-order valence-electron chi connectivity index (χ0n) is 22.7. The molecule has 41 heavy (non-hydrogen) atoms. The van der Waals surface area contributed by atoms with Gasteiger partial charge in [0.15, 0.2) is 0 Å². The molecule has 3 aromatic rings. The number of ether oxygens (including phenoxy) is 2. The number of aromatic nitrogens is 2. The third-order valence-electron chi connectivity index (χ3n) is 5.55. The Morgan fingerprint density at radius 2 is 1.63 bits per heavy atom. The van der Waals surface area contributed by atoms with Crippen LogP contribution in [0.1, 0.15) is 35.2 Å². The highest BCUT2D eigenvalue weighted by Crippen LogP contribution is 2.35. The third-order valence-corrected chi connectivity index (χ3v) is 5.55. The van der Waals surface area contributed by atoms with Crippen LogP contribution in [0.2, 0.25) is 0 Å². The summed E-state index contributed by atoms with van der Waals surface area (Å²) in [6, 6.07) is 8.26. The average Bonchev–Trinajstić information content (AvgIpc) is 3.29. The van der Waals surface area contributed by atoms with Crippen molar-refractivity contribution in [3.8, 4) is 11.5 Å². The van der Waals surface area contributed by atoms with Crippen molar-refractivity contribution in [2.45, 2.75) is 32.2 Å². The van der Waals surface area contributed by atoms with Crippen LogP contribution in [-0.2, 0) is 11.3 Å². The van der Waals surface area contributed by atoms with Crippen molar-refractivity contribution < 1.29 is 41.0 Å². The minimum absolute atomic E-state index is 0.0297. The Balaban J connectivity index is 0.000000309. The second-order valence-corrected chi connectivity index (χ2v) is 8.48. The molecule has 0 radical (unpaired) electrons. The minimum atomic E-state index is -4.69. The van der Waals surface area contributed by atoms with E-state index < -0.39 is 29.5 Å². The zero-order valence-corrected chi connectivity index (χ0v) is 22.7. The SMILES string of the molecule is CCn1nccc(N2CC(c3c(F)cc(OC)cc3F)CC2=O)c1=O.CNC.O=Cc1ccc(OC(F)(F)F)cc1. The Morgan fingerprint density at radius 1 is 1.05 bits per heavy atom. The Labute approximate surface area is 232 Å². The van der Waals surface area contributed by atoms with Crippen LogP contribution in [0.4, 0.5) is 27.6 Å². The lowest BCUT2D eigenvalue weighted by Gasteiger charge is -2.17. The highest BCUT2D eigenvalue weighted by atomic mass is 19.4. The molecule has 9 nitrogen and oxygen atoms in total. The highest BCUT2D eigenvalue weighted by molar-refractivity contribution is 5.96. The molecule has 4 rings (SSSR count). The van der Waals surface area contributed by atoms with Gasteiger partial charge in [0.05, 0.1) is 7.11 Å². The molecule has 1 aliphatic heterocycles. The lowest BCUT2D eigenvalue weighted by molar-refractivity contribution is -0.274. The van der Waals surface area contributed by atoms with Crippen LogP contribution in [0.25, 0.3) is 0 Å². The van der Waals surface area contributed by atoms with Crippen molar-refractivity contribution in [1.82, 2.24) is 15.1 Å². The van der Waals surface area contributed by atoms with Crippen molar-refractivity contribution in [2.75, 3.05) is 32.6 Å². The largest absolute Gasteiger partial charge is 0.573 e. The fourth-order valence-electron chi connectivity index (χ4n) is 3.82. The number of aryl methyl sites for hydroxylation is 1. The molecule has 1 atom stereocenters. The van der Waals surface area contributed by atoms with Gasteiger partial charge in [-0.2, -0.15) is 5.10 Å². The molecule has 1 amide bonds. The van der Waals surface area contributed by atoms with Crippen molar-refractivity contribution in [2.24, 2.45) is 0 Å². The van der Waals surface area contributed by atoms with Crippen LogP contribution in [0.15, 0.2) is 53.5 Å². The molecule has 1 N–H and O–H groups in total. The fourth-order valence-corrected chi connectivity index (χ4v) is 3.82. The van der Waals surface area contributed by atoms with Gasteiger partial charge in [-0.25, -0.2) is 13.5 Å². The first-order valence-corrected chi connectivity index (χ1v) is 12.2. The summed E-state index contributed by atoms with van der Waals surface area (Å²) in [7, 11) is 5.07. The summed E-state index contributed by atoms with van der Waals surface area (Å²) in [5.74, 6) is -2.83. The summed E-state index contributed by atoms with van der Waals surface area (Å²) in [5, 5.41) is 6.66. The number of rotatable bonds is 6. The number of alkyl halides is 3. The molecule has 14 heteroatoms. The number of benzene rings is 2. The molecule has 0 spiro atoms. The van der Waals surface area contributed by atoms with Crippen molar-refractivity contribution in [3.63, 3.8) is 0 Å². The summed E-state index contributed by atoms with van der Waals surface area (Å²) in [6.45, 7) is 2.15. The van der Waals surface area contributed by atoms with Gasteiger partial charge in [-0.15, -0.1) is 13.2 Å². The average molecular weight is 585 g/mol. The van der Waals surface area contributed by atoms with E-state index in [1.54, 1.807) is 6.92 Å². The number of methoxy groups -OCH3 is 1. The van der Waals surface area contributed by atoms with E-state index in [1.165, 1.54) is 41.1 Å². The third kappa shape index (κ3) is 9.10. The standard InChI is InChI=1S/C17H17F2N3O3.C8H5F3O2.C2H7N/c1-3-22-17(24)14(4-5-20-22)21-9-10(6-15(21)23)16-12(18)7-11(25-2)8-13(16)19;9-8(10,11)13-7-3-1-6(5-12)2-4-7;1-3-2/h4-5,7-8,10H,3,6,9H2,1-2H3;1-5H;3H,1-2H3. The summed E-state index contributed by atoms with van der Waals surface area (Å²) >= 11 is 0. The number of hydrogen-bond donors (Lipinski definition) is 1. The number of carbonyl (C=O) groups excluding carboxylic acids is 2. The molecule has 1 unspecified atom stereocenters. The van der Waals surface area contributed by atoms with Crippen LogP contribution in [-0.4, -0.2) is 56.1 Å². The predicted octanol–water partition coefficient (Wildman–Crippen LogP) is 4.30. The first-order chi connectivity index (χ1) is 19.4. The van der Waals surface area contributed by atoms with Crippen molar-refractivity contribution in [3.05, 3.63) is 81.8 Å². The Hall–Kier alpha value is -4.33. The van der Waals surface area contributed by atoms with Gasteiger partial charge in [0.2, 0.25) is 5.91 Å². The smallest absolute Gasteiger partial charge is 0.497 e. The summed E-state index contributed by atoms with van der Waals surface area (Å²) in [5.41, 5.74) is -0.107. The summed E-state index contributed by atoms with van der Waals surface area (Å²) in [4.78, 5) is 36.1. The topological polar surface area (TPSA) is 103 Å². The van der Waals surface area contributed by atoms with E-state index in [4.69, 9.17) is 4.74 Å². The molecule has 2 aromatic carbocycles. The molecule has 0 bridgehead atoms. The molecule has 222 valence electrons. The number of amides is 1. The molecular formula is C27H29F5N4O5. The van der Waals surface area contributed by atoms with E-state index in [0.29, 0.717) is 18.4 Å². The number of anilines is 1. The van der Waals surface area contributed by atoms with Gasteiger partial charge in [0.25, 0.3) is 5.56 Å². The summed E-state index contributed by atoms with van der Waals surface area (Å²) in [6.07, 6.45) is -2.80. The molecule has 1 saturated heterocycles. The van der Waals surface area contributed by atoms with E-state index in [0.717, 1.165) is 24.3 Å².